The van der Waals surface area contributed by atoms with E-state index in [0.29, 0.717) is 37.0 Å². The Balaban J connectivity index is 1.75. The molecule has 0 saturated heterocycles. The van der Waals surface area contributed by atoms with Crippen LogP contribution in [0.1, 0.15) is 74.5 Å². The van der Waals surface area contributed by atoms with Gasteiger partial charge in [-0.2, -0.15) is 0 Å². The van der Waals surface area contributed by atoms with Crippen molar-refractivity contribution in [3.63, 3.8) is 0 Å². The molecule has 3 rings (SSSR count). The minimum Gasteiger partial charge on any atom is -0.481 e. The van der Waals surface area contributed by atoms with Crippen molar-refractivity contribution in [2.75, 3.05) is 7.11 Å². The lowest BCUT2D eigenvalue weighted by Gasteiger charge is -2.22. The van der Waals surface area contributed by atoms with Gasteiger partial charge in [0.05, 0.1) is 24.9 Å². The van der Waals surface area contributed by atoms with Crippen molar-refractivity contribution >= 4 is 5.91 Å². The van der Waals surface area contributed by atoms with E-state index in [1.807, 2.05) is 11.0 Å². The number of methoxy groups -OCH3 is 1. The number of amides is 1. The van der Waals surface area contributed by atoms with Crippen LogP contribution in [0.2, 0.25) is 0 Å². The summed E-state index contributed by atoms with van der Waals surface area (Å²) >= 11 is 0. The zero-order valence-electron chi connectivity index (χ0n) is 16.0. The average molecular weight is 345 g/mol. The molecule has 1 aliphatic heterocycles. The monoisotopic (exact) mass is 345 g/mol. The summed E-state index contributed by atoms with van der Waals surface area (Å²) in [6.45, 7) is 7.96. The largest absolute Gasteiger partial charge is 0.481 e. The van der Waals surface area contributed by atoms with Crippen LogP contribution in [-0.2, 0) is 13.1 Å². The number of hydrogen-bond acceptors (Lipinski definition) is 4. The Bertz CT molecular complexity index is 624. The quantitative estimate of drug-likeness (QED) is 0.821. The molecule has 1 saturated carbocycles. The van der Waals surface area contributed by atoms with Gasteiger partial charge in [-0.3, -0.25) is 4.79 Å². The fraction of sp³-hybridized carbons (Fsp3) is 0.700. The molecule has 1 aliphatic carbocycles. The number of carbonyl (C=O) groups is 1. The first-order valence-electron chi connectivity index (χ1n) is 9.60. The molecule has 1 N–H and O–H groups in total. The van der Waals surface area contributed by atoms with Gasteiger partial charge in [0.1, 0.15) is 0 Å². The molecule has 0 radical (unpaired) electrons. The Morgan fingerprint density at radius 1 is 1.32 bits per heavy atom. The van der Waals surface area contributed by atoms with Crippen molar-refractivity contribution in [3.8, 4) is 5.88 Å². The van der Waals surface area contributed by atoms with E-state index in [-0.39, 0.29) is 5.91 Å². The zero-order valence-corrected chi connectivity index (χ0v) is 16.0. The second kappa shape index (κ2) is 7.73. The lowest BCUT2D eigenvalue weighted by Crippen LogP contribution is -2.33. The van der Waals surface area contributed by atoms with E-state index in [0.717, 1.165) is 36.1 Å². The maximum atomic E-state index is 12.8. The number of nitrogens with one attached hydrogen (secondary N) is 1. The molecule has 0 unspecified atom stereocenters. The highest BCUT2D eigenvalue weighted by atomic mass is 16.5. The molecule has 0 aromatic carbocycles. The van der Waals surface area contributed by atoms with Crippen LogP contribution in [0.4, 0.5) is 0 Å². The van der Waals surface area contributed by atoms with E-state index in [1.54, 1.807) is 7.11 Å². The second-order valence-electron chi connectivity index (χ2n) is 7.93. The normalized spacial score (nSPS) is 18.9. The summed E-state index contributed by atoms with van der Waals surface area (Å²) in [5.41, 5.74) is 2.60. The summed E-state index contributed by atoms with van der Waals surface area (Å²) in [7, 11) is 1.65. The number of nitrogens with zero attached hydrogens (tertiary/aromatic N) is 2. The Morgan fingerprint density at radius 3 is 2.68 bits per heavy atom. The summed E-state index contributed by atoms with van der Waals surface area (Å²) in [5, 5.41) is 3.53. The van der Waals surface area contributed by atoms with Crippen molar-refractivity contribution in [1.29, 1.82) is 0 Å². The molecule has 1 fully saturated rings. The van der Waals surface area contributed by atoms with Crippen LogP contribution >= 0.6 is 0 Å². The van der Waals surface area contributed by atoms with Gasteiger partial charge < -0.3 is 15.0 Å². The van der Waals surface area contributed by atoms with E-state index in [1.165, 1.54) is 12.8 Å². The van der Waals surface area contributed by atoms with Gasteiger partial charge in [0.2, 0.25) is 5.88 Å². The number of rotatable bonds is 7. The summed E-state index contributed by atoms with van der Waals surface area (Å²) in [4.78, 5) is 19.5. The highest BCUT2D eigenvalue weighted by Gasteiger charge is 2.35. The molecule has 1 atom stereocenters. The molecule has 138 valence electrons. The van der Waals surface area contributed by atoms with E-state index in [9.17, 15) is 4.79 Å². The maximum Gasteiger partial charge on any atom is 0.256 e. The van der Waals surface area contributed by atoms with Crippen LogP contribution in [0.3, 0.4) is 0 Å². The minimum atomic E-state index is 0.147. The molecule has 0 spiro atoms. The van der Waals surface area contributed by atoms with Gasteiger partial charge >= 0.3 is 0 Å². The SMILES string of the molecule is COc1nc2c(cc1CN[C@H](C)CC(C)C)C(=O)N(C1CCCC1)C2. The lowest BCUT2D eigenvalue weighted by atomic mass is 10.0. The van der Waals surface area contributed by atoms with E-state index < -0.39 is 0 Å². The van der Waals surface area contributed by atoms with Crippen LogP contribution in [0.25, 0.3) is 0 Å². The zero-order chi connectivity index (χ0) is 18.0. The highest BCUT2D eigenvalue weighted by molar-refractivity contribution is 5.98. The molecular weight excluding hydrogens is 314 g/mol. The van der Waals surface area contributed by atoms with Crippen molar-refractivity contribution in [2.24, 2.45) is 5.92 Å². The molecule has 5 heteroatoms. The fourth-order valence-corrected chi connectivity index (χ4v) is 4.16. The van der Waals surface area contributed by atoms with Gasteiger partial charge in [-0.05, 0) is 38.2 Å². The number of aromatic nitrogens is 1. The lowest BCUT2D eigenvalue weighted by molar-refractivity contribution is 0.0706. The molecule has 25 heavy (non-hydrogen) atoms. The molecule has 0 bridgehead atoms. The van der Waals surface area contributed by atoms with E-state index in [2.05, 4.69) is 31.1 Å². The minimum absolute atomic E-state index is 0.147. The number of ether oxygens (including phenoxy) is 1. The van der Waals surface area contributed by atoms with Gasteiger partial charge in [0, 0.05) is 24.2 Å². The fourth-order valence-electron chi connectivity index (χ4n) is 4.16. The standard InChI is InChI=1S/C20H31N3O2/c1-13(2)9-14(3)21-11-15-10-17-18(22-19(15)25-4)12-23(20(17)24)16-7-5-6-8-16/h10,13-14,16,21H,5-9,11-12H2,1-4H3/t14-/m1/s1. The third kappa shape index (κ3) is 3.97. The van der Waals surface area contributed by atoms with Gasteiger partial charge in [-0.1, -0.05) is 26.7 Å². The average Bonchev–Trinajstić information content (AvgIpc) is 3.20. The van der Waals surface area contributed by atoms with Gasteiger partial charge in [0.25, 0.3) is 5.91 Å². The number of hydrogen-bond donors (Lipinski definition) is 1. The Kier molecular flexibility index (Phi) is 5.62. The Morgan fingerprint density at radius 2 is 2.04 bits per heavy atom. The first-order valence-corrected chi connectivity index (χ1v) is 9.60. The van der Waals surface area contributed by atoms with Crippen molar-refractivity contribution in [1.82, 2.24) is 15.2 Å². The predicted octanol–water partition coefficient (Wildman–Crippen LogP) is 3.51. The van der Waals surface area contributed by atoms with Crippen LogP contribution in [0, 0.1) is 5.92 Å². The van der Waals surface area contributed by atoms with Gasteiger partial charge in [0.15, 0.2) is 0 Å². The molecule has 2 aliphatic rings. The maximum absolute atomic E-state index is 12.8. The summed E-state index contributed by atoms with van der Waals surface area (Å²) in [6, 6.07) is 2.80. The summed E-state index contributed by atoms with van der Waals surface area (Å²) < 4.78 is 5.50. The van der Waals surface area contributed by atoms with Gasteiger partial charge in [-0.25, -0.2) is 4.98 Å². The Labute approximate surface area is 151 Å². The van der Waals surface area contributed by atoms with Crippen molar-refractivity contribution < 1.29 is 9.53 Å². The first kappa shape index (κ1) is 18.2. The van der Waals surface area contributed by atoms with Gasteiger partial charge in [-0.15, -0.1) is 0 Å². The van der Waals surface area contributed by atoms with Crippen LogP contribution in [0.5, 0.6) is 5.88 Å². The molecule has 1 amide bonds. The number of fused-ring (bicyclic) bond motifs is 1. The van der Waals surface area contributed by atoms with Crippen LogP contribution in [-0.4, -0.2) is 35.0 Å². The predicted molar refractivity (Wildman–Crippen MR) is 98.7 cm³/mol. The molecule has 1 aromatic rings. The van der Waals surface area contributed by atoms with Crippen molar-refractivity contribution in [2.45, 2.75) is 78.0 Å². The van der Waals surface area contributed by atoms with Crippen molar-refractivity contribution in [3.05, 3.63) is 22.9 Å². The highest BCUT2D eigenvalue weighted by Crippen LogP contribution is 2.33. The summed E-state index contributed by atoms with van der Waals surface area (Å²) in [6.07, 6.45) is 5.82. The smallest absolute Gasteiger partial charge is 0.256 e. The second-order valence-corrected chi connectivity index (χ2v) is 7.93. The van der Waals surface area contributed by atoms with Crippen LogP contribution < -0.4 is 10.1 Å². The Hall–Kier alpha value is -1.62. The summed E-state index contributed by atoms with van der Waals surface area (Å²) in [5.74, 6) is 1.45. The van der Waals surface area contributed by atoms with Crippen LogP contribution in [0.15, 0.2) is 6.07 Å². The molecular formula is C20H31N3O2. The molecule has 2 heterocycles. The molecule has 5 nitrogen and oxygen atoms in total. The molecule has 1 aromatic heterocycles. The third-order valence-electron chi connectivity index (χ3n) is 5.38. The number of carbonyl (C=O) groups excluding carboxylic acids is 1. The number of pyridine rings is 1. The van der Waals surface area contributed by atoms with E-state index in [4.69, 9.17) is 4.74 Å². The van der Waals surface area contributed by atoms with E-state index >= 15 is 0 Å². The third-order valence-corrected chi connectivity index (χ3v) is 5.38. The topological polar surface area (TPSA) is 54.5 Å². The first-order chi connectivity index (χ1) is 12.0.